The zero-order valence-electron chi connectivity index (χ0n) is 15.4. The van der Waals surface area contributed by atoms with Crippen LogP contribution in [0.15, 0.2) is 30.3 Å². The summed E-state index contributed by atoms with van der Waals surface area (Å²) in [4.78, 5) is 16.6. The first-order valence-corrected chi connectivity index (χ1v) is 8.79. The fourth-order valence-electron chi connectivity index (χ4n) is 2.67. The quantitative estimate of drug-likeness (QED) is 0.337. The Kier molecular flexibility index (Phi) is 10.0. The monoisotopic (exact) mass is 395 g/mol. The molecule has 1 amide bonds. The summed E-state index contributed by atoms with van der Waals surface area (Å²) in [7, 11) is -1.61. The lowest BCUT2D eigenvalue weighted by Crippen LogP contribution is -2.47. The lowest BCUT2D eigenvalue weighted by atomic mass is 9.76. The van der Waals surface area contributed by atoms with E-state index in [1.54, 1.807) is 6.92 Å². The Morgan fingerprint density at radius 2 is 2.00 bits per heavy atom. The van der Waals surface area contributed by atoms with Crippen molar-refractivity contribution in [3.63, 3.8) is 0 Å². The third-order valence-electron chi connectivity index (χ3n) is 4.07. The van der Waals surface area contributed by atoms with Gasteiger partial charge in [0.25, 0.3) is 0 Å². The van der Waals surface area contributed by atoms with Crippen LogP contribution in [0.1, 0.15) is 36.5 Å². The van der Waals surface area contributed by atoms with Crippen molar-refractivity contribution in [1.29, 1.82) is 0 Å². The Balaban J connectivity index is 0.00000364. The number of halogens is 1. The third-order valence-corrected chi connectivity index (χ3v) is 4.07. The number of aromatic nitrogens is 3. The van der Waals surface area contributed by atoms with Crippen LogP contribution in [0, 0.1) is 6.92 Å². The number of nitrogens with zero attached hydrogens (tertiary/aromatic N) is 3. The molecule has 148 valence electrons. The summed E-state index contributed by atoms with van der Waals surface area (Å²) < 4.78 is 1.52. The second-order valence-corrected chi connectivity index (χ2v) is 6.27. The first-order chi connectivity index (χ1) is 12.5. The maximum atomic E-state index is 12.2. The number of nitrogens with two attached hydrogens (primary N) is 1. The van der Waals surface area contributed by atoms with E-state index in [0.29, 0.717) is 37.5 Å². The van der Waals surface area contributed by atoms with Gasteiger partial charge in [0.1, 0.15) is 12.4 Å². The summed E-state index contributed by atoms with van der Waals surface area (Å²) in [5.41, 5.74) is 6.53. The van der Waals surface area contributed by atoms with Crippen LogP contribution in [0.2, 0.25) is 0 Å². The van der Waals surface area contributed by atoms with Gasteiger partial charge in [0.2, 0.25) is 5.91 Å². The van der Waals surface area contributed by atoms with E-state index in [1.165, 1.54) is 4.68 Å². The number of nitrogens with one attached hydrogen (secondary N) is 1. The maximum absolute atomic E-state index is 12.2. The van der Waals surface area contributed by atoms with Gasteiger partial charge in [-0.1, -0.05) is 36.8 Å². The second-order valence-electron chi connectivity index (χ2n) is 6.27. The number of rotatable bonds is 10. The van der Waals surface area contributed by atoms with Crippen LogP contribution in [0.5, 0.6) is 0 Å². The summed E-state index contributed by atoms with van der Waals surface area (Å²) in [5.74, 6) is 0.218. The minimum atomic E-state index is -1.61. The van der Waals surface area contributed by atoms with E-state index in [0.717, 1.165) is 12.0 Å². The highest BCUT2D eigenvalue weighted by Gasteiger charge is 2.25. The van der Waals surface area contributed by atoms with Gasteiger partial charge in [0, 0.05) is 6.42 Å². The molecule has 0 saturated carbocycles. The molecule has 0 saturated heterocycles. The van der Waals surface area contributed by atoms with Gasteiger partial charge >= 0.3 is 7.12 Å². The van der Waals surface area contributed by atoms with Gasteiger partial charge in [-0.25, -0.2) is 9.67 Å². The molecule has 0 aliphatic carbocycles. The van der Waals surface area contributed by atoms with Crippen LogP contribution in [0.4, 0.5) is 0 Å². The van der Waals surface area contributed by atoms with Crippen LogP contribution in [0.25, 0.3) is 0 Å². The zero-order valence-corrected chi connectivity index (χ0v) is 16.2. The van der Waals surface area contributed by atoms with E-state index >= 15 is 0 Å². The number of hydrogen-bond acceptors (Lipinski definition) is 6. The Morgan fingerprint density at radius 3 is 2.63 bits per heavy atom. The van der Waals surface area contributed by atoms with Crippen LogP contribution in [-0.2, 0) is 17.8 Å². The van der Waals surface area contributed by atoms with E-state index in [1.807, 2.05) is 30.3 Å². The second kappa shape index (κ2) is 11.7. The van der Waals surface area contributed by atoms with E-state index in [9.17, 15) is 14.8 Å². The summed E-state index contributed by atoms with van der Waals surface area (Å²) in [6.07, 6.45) is 2.52. The topological polar surface area (TPSA) is 126 Å². The van der Waals surface area contributed by atoms with Gasteiger partial charge < -0.3 is 21.1 Å². The van der Waals surface area contributed by atoms with Crippen molar-refractivity contribution in [1.82, 2.24) is 20.1 Å². The number of carbonyl (C=O) groups excluding carboxylic acids is 1. The summed E-state index contributed by atoms with van der Waals surface area (Å²) >= 11 is 0. The van der Waals surface area contributed by atoms with Crippen molar-refractivity contribution in [3.8, 4) is 0 Å². The van der Waals surface area contributed by atoms with Crippen LogP contribution >= 0.6 is 12.4 Å². The molecular weight excluding hydrogens is 368 g/mol. The van der Waals surface area contributed by atoms with Crippen LogP contribution in [-0.4, -0.2) is 50.3 Å². The largest absolute Gasteiger partial charge is 0.475 e. The molecule has 2 aromatic rings. The van der Waals surface area contributed by atoms with E-state index in [2.05, 4.69) is 15.4 Å². The van der Waals surface area contributed by atoms with Crippen molar-refractivity contribution < 1.29 is 14.8 Å². The lowest BCUT2D eigenvalue weighted by Gasteiger charge is -2.17. The number of benzene rings is 1. The normalized spacial score (nSPS) is 11.6. The van der Waals surface area contributed by atoms with Gasteiger partial charge in [-0.15, -0.1) is 12.4 Å². The van der Waals surface area contributed by atoms with Crippen molar-refractivity contribution in [3.05, 3.63) is 47.5 Å². The molecule has 1 heterocycles. The maximum Gasteiger partial charge on any atom is 0.475 e. The van der Waals surface area contributed by atoms with Gasteiger partial charge in [-0.05, 0) is 31.9 Å². The molecule has 2 rings (SSSR count). The predicted molar refractivity (Wildman–Crippen MR) is 106 cm³/mol. The Morgan fingerprint density at radius 1 is 1.30 bits per heavy atom. The van der Waals surface area contributed by atoms with Crippen molar-refractivity contribution in [2.24, 2.45) is 5.73 Å². The predicted octanol–water partition coefficient (Wildman–Crippen LogP) is 0.225. The average molecular weight is 396 g/mol. The molecule has 10 heteroatoms. The molecular formula is C17H27BClN5O3. The van der Waals surface area contributed by atoms with Gasteiger partial charge in [-0.3, -0.25) is 4.79 Å². The zero-order chi connectivity index (χ0) is 18.9. The SMILES string of the molecule is Cc1nc(Cc2ccccc2)nn1CC(=O)N[C@@H](CCCCN)B(O)O.Cl. The molecule has 0 unspecified atom stereocenters. The molecule has 0 aliphatic heterocycles. The highest BCUT2D eigenvalue weighted by Crippen LogP contribution is 2.07. The summed E-state index contributed by atoms with van der Waals surface area (Å²) in [5, 5.41) is 25.9. The number of carbonyl (C=O) groups is 1. The third kappa shape index (κ3) is 7.68. The molecule has 0 fully saturated rings. The van der Waals surface area contributed by atoms with E-state index in [-0.39, 0.29) is 24.9 Å². The van der Waals surface area contributed by atoms with Gasteiger partial charge in [0.15, 0.2) is 5.82 Å². The molecule has 8 nitrogen and oxygen atoms in total. The van der Waals surface area contributed by atoms with Gasteiger partial charge in [0.05, 0.1) is 5.94 Å². The van der Waals surface area contributed by atoms with Crippen molar-refractivity contribution in [2.75, 3.05) is 6.54 Å². The summed E-state index contributed by atoms with van der Waals surface area (Å²) in [6, 6.07) is 9.86. The number of aryl methyl sites for hydroxylation is 1. The smallest absolute Gasteiger partial charge is 0.426 e. The number of hydrogen-bond donors (Lipinski definition) is 4. The average Bonchev–Trinajstić information content (AvgIpc) is 2.94. The molecule has 1 atom stereocenters. The molecule has 0 spiro atoms. The molecule has 0 bridgehead atoms. The fourth-order valence-corrected chi connectivity index (χ4v) is 2.67. The van der Waals surface area contributed by atoms with Crippen molar-refractivity contribution >= 4 is 25.4 Å². The van der Waals surface area contributed by atoms with Crippen LogP contribution in [0.3, 0.4) is 0 Å². The highest BCUT2D eigenvalue weighted by molar-refractivity contribution is 6.43. The number of amides is 1. The van der Waals surface area contributed by atoms with E-state index < -0.39 is 13.1 Å². The Labute approximate surface area is 165 Å². The first kappa shape index (κ1) is 23.1. The molecule has 5 N–H and O–H groups in total. The lowest BCUT2D eigenvalue weighted by molar-refractivity contribution is -0.122. The molecule has 1 aromatic carbocycles. The van der Waals surface area contributed by atoms with Crippen molar-refractivity contribution in [2.45, 2.75) is 45.1 Å². The first-order valence-electron chi connectivity index (χ1n) is 8.79. The van der Waals surface area contributed by atoms with Gasteiger partial charge in [-0.2, -0.15) is 5.10 Å². The molecule has 1 aromatic heterocycles. The summed E-state index contributed by atoms with van der Waals surface area (Å²) in [6.45, 7) is 2.30. The highest BCUT2D eigenvalue weighted by atomic mass is 35.5. The minimum absolute atomic E-state index is 0. The molecule has 0 aliphatic rings. The minimum Gasteiger partial charge on any atom is -0.426 e. The standard InChI is InChI=1S/C17H26BN5O3.ClH/c1-13-20-16(11-14-7-3-2-4-8-14)22-23(13)12-17(24)21-15(18(25)26)9-5-6-10-19;/h2-4,7-8,15,25-26H,5-6,9-12,19H2,1H3,(H,21,24);1H/t15-;/m0./s1. The Bertz CT molecular complexity index is 699. The van der Waals surface area contributed by atoms with E-state index in [4.69, 9.17) is 5.73 Å². The number of unbranched alkanes of at least 4 members (excludes halogenated alkanes) is 1. The molecule has 0 radical (unpaired) electrons. The molecule has 27 heavy (non-hydrogen) atoms. The Hall–Kier alpha value is -1.94. The fraction of sp³-hybridized carbons (Fsp3) is 0.471. The van der Waals surface area contributed by atoms with Crippen LogP contribution < -0.4 is 11.1 Å².